The number of ether oxygens (including phenoxy) is 1. The highest BCUT2D eigenvalue weighted by Gasteiger charge is 2.06. The molecule has 22 heavy (non-hydrogen) atoms. The topological polar surface area (TPSA) is 47.6 Å². The summed E-state index contributed by atoms with van der Waals surface area (Å²) in [7, 11) is 0. The maximum Gasteiger partial charge on any atom is 0.243 e. The highest BCUT2D eigenvalue weighted by molar-refractivity contribution is 5.75. The summed E-state index contributed by atoms with van der Waals surface area (Å²) in [5, 5.41) is 0. The molecule has 0 atom stereocenters. The number of benzene rings is 2. The first kappa shape index (κ1) is 16.0. The second kappa shape index (κ2) is 8.85. The van der Waals surface area contributed by atoms with Crippen molar-refractivity contribution in [2.75, 3.05) is 6.61 Å². The zero-order chi connectivity index (χ0) is 15.6. The molecule has 0 aliphatic heterocycles. The van der Waals surface area contributed by atoms with Crippen LogP contribution < -0.4 is 10.2 Å². The average molecular weight is 299 g/mol. The number of hydrogen-bond acceptors (Lipinski definition) is 3. The summed E-state index contributed by atoms with van der Waals surface area (Å²) in [6.07, 6.45) is 0.982. The Morgan fingerprint density at radius 2 is 1.77 bits per heavy atom. The predicted molar refractivity (Wildman–Crippen MR) is 85.3 cm³/mol. The Morgan fingerprint density at radius 3 is 2.55 bits per heavy atom. The molecule has 1 amide bonds. The van der Waals surface area contributed by atoms with Crippen molar-refractivity contribution in [1.29, 1.82) is 0 Å². The molecule has 0 saturated carbocycles. The van der Waals surface area contributed by atoms with Crippen molar-refractivity contribution in [3.05, 3.63) is 65.7 Å². The van der Waals surface area contributed by atoms with Gasteiger partial charge in [0, 0.05) is 6.42 Å². The lowest BCUT2D eigenvalue weighted by Crippen LogP contribution is -2.23. The van der Waals surface area contributed by atoms with Crippen LogP contribution >= 0.6 is 0 Å². The summed E-state index contributed by atoms with van der Waals surface area (Å²) in [6, 6.07) is 17.5. The zero-order valence-electron chi connectivity index (χ0n) is 12.7. The lowest BCUT2D eigenvalue weighted by atomic mass is 10.1. The monoisotopic (exact) mass is 299 g/mol. The number of carbonyl (C=O) groups is 1. The molecule has 2 rings (SSSR count). The van der Waals surface area contributed by atoms with Gasteiger partial charge in [0.2, 0.25) is 5.91 Å². The van der Waals surface area contributed by atoms with Crippen LogP contribution in [0.2, 0.25) is 0 Å². The fraction of sp³-hybridized carbons (Fsp3) is 0.278. The maximum atomic E-state index is 11.8. The van der Waals surface area contributed by atoms with Gasteiger partial charge >= 0.3 is 0 Å². The summed E-state index contributed by atoms with van der Waals surface area (Å²) in [6.45, 7) is 2.92. The SMILES string of the molecule is CCOc1ccccc1CCC(=O)NOCc1ccccc1. The largest absolute Gasteiger partial charge is 0.494 e. The number of amides is 1. The third-order valence-corrected chi connectivity index (χ3v) is 3.16. The van der Waals surface area contributed by atoms with Crippen LogP contribution in [0.1, 0.15) is 24.5 Å². The van der Waals surface area contributed by atoms with E-state index in [-0.39, 0.29) is 5.91 Å². The Balaban J connectivity index is 1.74. The van der Waals surface area contributed by atoms with E-state index < -0.39 is 0 Å². The molecule has 0 aliphatic carbocycles. The van der Waals surface area contributed by atoms with Gasteiger partial charge in [0.05, 0.1) is 13.2 Å². The highest BCUT2D eigenvalue weighted by atomic mass is 16.6. The molecule has 0 saturated heterocycles. The van der Waals surface area contributed by atoms with Crippen molar-refractivity contribution in [1.82, 2.24) is 5.48 Å². The number of rotatable bonds is 8. The molecule has 4 heteroatoms. The Bertz CT molecular complexity index is 584. The molecular weight excluding hydrogens is 278 g/mol. The number of aryl methyl sites for hydroxylation is 1. The van der Waals surface area contributed by atoms with Gasteiger partial charge in [-0.3, -0.25) is 9.63 Å². The highest BCUT2D eigenvalue weighted by Crippen LogP contribution is 2.19. The maximum absolute atomic E-state index is 11.8. The predicted octanol–water partition coefficient (Wildman–Crippen LogP) is 3.27. The molecule has 0 unspecified atom stereocenters. The van der Waals surface area contributed by atoms with E-state index in [2.05, 4.69) is 5.48 Å². The summed E-state index contributed by atoms with van der Waals surface area (Å²) in [5.74, 6) is 0.699. The van der Waals surface area contributed by atoms with Crippen LogP contribution in [0.4, 0.5) is 0 Å². The Labute approximate surface area is 131 Å². The lowest BCUT2D eigenvalue weighted by molar-refractivity contribution is -0.134. The normalized spacial score (nSPS) is 10.2. The molecule has 0 radical (unpaired) electrons. The van der Waals surface area contributed by atoms with Crippen LogP contribution in [0.15, 0.2) is 54.6 Å². The number of hydrogen-bond donors (Lipinski definition) is 1. The minimum absolute atomic E-state index is 0.137. The Hall–Kier alpha value is -2.33. The van der Waals surface area contributed by atoms with Crippen LogP contribution in [0.5, 0.6) is 5.75 Å². The minimum Gasteiger partial charge on any atom is -0.494 e. The molecule has 0 aliphatic rings. The van der Waals surface area contributed by atoms with Gasteiger partial charge in [-0.1, -0.05) is 48.5 Å². The summed E-state index contributed by atoms with van der Waals surface area (Å²) in [4.78, 5) is 17.0. The number of nitrogens with one attached hydrogen (secondary N) is 1. The molecular formula is C18H21NO3. The standard InChI is InChI=1S/C18H21NO3/c1-2-21-17-11-7-6-10-16(17)12-13-18(20)19-22-14-15-8-4-3-5-9-15/h3-11H,2,12-14H2,1H3,(H,19,20). The molecule has 2 aromatic rings. The Morgan fingerprint density at radius 1 is 1.05 bits per heavy atom. The first-order chi connectivity index (χ1) is 10.8. The van der Waals surface area contributed by atoms with Gasteiger partial charge < -0.3 is 4.74 Å². The van der Waals surface area contributed by atoms with E-state index in [0.29, 0.717) is 26.1 Å². The van der Waals surface area contributed by atoms with Crippen LogP contribution in [0.25, 0.3) is 0 Å². The zero-order valence-corrected chi connectivity index (χ0v) is 12.7. The van der Waals surface area contributed by atoms with Crippen LogP contribution in [0.3, 0.4) is 0 Å². The van der Waals surface area contributed by atoms with E-state index in [1.165, 1.54) is 0 Å². The minimum atomic E-state index is -0.137. The number of para-hydroxylation sites is 1. The van der Waals surface area contributed by atoms with Crippen LogP contribution in [-0.4, -0.2) is 12.5 Å². The third kappa shape index (κ3) is 5.22. The Kier molecular flexibility index (Phi) is 6.45. The molecule has 116 valence electrons. The molecule has 2 aromatic carbocycles. The van der Waals surface area contributed by atoms with Crippen molar-refractivity contribution < 1.29 is 14.4 Å². The van der Waals surface area contributed by atoms with E-state index in [1.54, 1.807) is 0 Å². The second-order valence-electron chi connectivity index (χ2n) is 4.84. The summed E-state index contributed by atoms with van der Waals surface area (Å²) < 4.78 is 5.55. The van der Waals surface area contributed by atoms with Crippen LogP contribution in [0, 0.1) is 0 Å². The third-order valence-electron chi connectivity index (χ3n) is 3.16. The molecule has 4 nitrogen and oxygen atoms in total. The van der Waals surface area contributed by atoms with E-state index in [0.717, 1.165) is 16.9 Å². The molecule has 0 heterocycles. The summed E-state index contributed by atoms with van der Waals surface area (Å²) in [5.41, 5.74) is 4.52. The molecule has 0 bridgehead atoms. The molecule has 0 aromatic heterocycles. The van der Waals surface area contributed by atoms with Gasteiger partial charge in [0.15, 0.2) is 0 Å². The average Bonchev–Trinajstić information content (AvgIpc) is 2.55. The van der Waals surface area contributed by atoms with Crippen molar-refractivity contribution in [2.24, 2.45) is 0 Å². The molecule has 1 N–H and O–H groups in total. The number of hydroxylamine groups is 1. The van der Waals surface area contributed by atoms with E-state index >= 15 is 0 Å². The van der Waals surface area contributed by atoms with Gasteiger partial charge in [0.1, 0.15) is 5.75 Å². The number of carbonyl (C=O) groups excluding carboxylic acids is 1. The smallest absolute Gasteiger partial charge is 0.243 e. The van der Waals surface area contributed by atoms with E-state index in [9.17, 15) is 4.79 Å². The first-order valence-electron chi connectivity index (χ1n) is 7.45. The van der Waals surface area contributed by atoms with Crippen molar-refractivity contribution in [2.45, 2.75) is 26.4 Å². The summed E-state index contributed by atoms with van der Waals surface area (Å²) >= 11 is 0. The van der Waals surface area contributed by atoms with Gasteiger partial charge in [-0.05, 0) is 30.5 Å². The van der Waals surface area contributed by atoms with Gasteiger partial charge in [-0.15, -0.1) is 0 Å². The second-order valence-corrected chi connectivity index (χ2v) is 4.84. The van der Waals surface area contributed by atoms with Crippen molar-refractivity contribution in [3.8, 4) is 5.75 Å². The van der Waals surface area contributed by atoms with E-state index in [1.807, 2.05) is 61.5 Å². The van der Waals surface area contributed by atoms with E-state index in [4.69, 9.17) is 9.57 Å². The quantitative estimate of drug-likeness (QED) is 0.761. The fourth-order valence-electron chi connectivity index (χ4n) is 2.08. The van der Waals surface area contributed by atoms with Crippen molar-refractivity contribution in [3.63, 3.8) is 0 Å². The van der Waals surface area contributed by atoms with Gasteiger partial charge in [-0.2, -0.15) is 0 Å². The molecule has 0 spiro atoms. The lowest BCUT2D eigenvalue weighted by Gasteiger charge is -2.10. The van der Waals surface area contributed by atoms with Gasteiger partial charge in [0.25, 0.3) is 0 Å². The first-order valence-corrected chi connectivity index (χ1v) is 7.45. The molecule has 0 fully saturated rings. The van der Waals surface area contributed by atoms with Gasteiger partial charge in [-0.25, -0.2) is 5.48 Å². The van der Waals surface area contributed by atoms with Crippen LogP contribution in [-0.2, 0) is 22.7 Å². The fourth-order valence-corrected chi connectivity index (χ4v) is 2.08. The van der Waals surface area contributed by atoms with Crippen molar-refractivity contribution >= 4 is 5.91 Å².